The van der Waals surface area contributed by atoms with Gasteiger partial charge in [-0.1, -0.05) is 0 Å². The molecule has 16 heavy (non-hydrogen) atoms. The van der Waals surface area contributed by atoms with E-state index < -0.39 is 5.91 Å². The zero-order chi connectivity index (χ0) is 12.1. The van der Waals surface area contributed by atoms with Gasteiger partial charge in [0.05, 0.1) is 11.3 Å². The molecule has 0 atom stereocenters. The molecule has 0 fully saturated rings. The molecule has 6 heteroatoms. The second-order valence-electron chi connectivity index (χ2n) is 2.92. The molecular formula is C10H11FN4O. The molecule has 0 radical (unpaired) electrons. The van der Waals surface area contributed by atoms with E-state index >= 15 is 0 Å². The topological polar surface area (TPSA) is 107 Å². The molecule has 1 rings (SSSR count). The molecule has 0 heterocycles. The lowest BCUT2D eigenvalue weighted by Crippen LogP contribution is -2.27. The molecule has 0 saturated carbocycles. The molecule has 84 valence electrons. The van der Waals surface area contributed by atoms with E-state index in [0.29, 0.717) is 5.69 Å². The molecule has 1 aromatic carbocycles. The normalized spacial score (nSPS) is 12.6. The van der Waals surface area contributed by atoms with Crippen LogP contribution in [-0.2, 0) is 4.79 Å². The second-order valence-corrected chi connectivity index (χ2v) is 2.92. The summed E-state index contributed by atoms with van der Waals surface area (Å²) in [6.07, 6.45) is 0.977. The Kier molecular flexibility index (Phi) is 3.60. The Balaban J connectivity index is 3.00. The predicted octanol–water partition coefficient (Wildman–Crippen LogP) is 0.142. The van der Waals surface area contributed by atoms with Gasteiger partial charge in [0.15, 0.2) is 0 Å². The smallest absolute Gasteiger partial charge is 0.253 e. The fourth-order valence-electron chi connectivity index (χ4n) is 1.01. The summed E-state index contributed by atoms with van der Waals surface area (Å²) in [5.74, 6) is -1.27. The highest BCUT2D eigenvalue weighted by atomic mass is 19.1. The van der Waals surface area contributed by atoms with Crippen LogP contribution in [0.15, 0.2) is 41.0 Å². The SMILES string of the molecule is N/C=C(/C(N)=O)C(N)=Nc1ccc(F)cc1. The van der Waals surface area contributed by atoms with Crippen LogP contribution in [0.4, 0.5) is 10.1 Å². The zero-order valence-corrected chi connectivity index (χ0v) is 8.35. The maximum absolute atomic E-state index is 12.6. The number of rotatable bonds is 3. The molecule has 5 nitrogen and oxygen atoms in total. The molecule has 1 aromatic rings. The Morgan fingerprint density at radius 3 is 2.25 bits per heavy atom. The third kappa shape index (κ3) is 2.81. The van der Waals surface area contributed by atoms with Gasteiger partial charge < -0.3 is 17.2 Å². The molecule has 1 amide bonds. The summed E-state index contributed by atoms with van der Waals surface area (Å²) >= 11 is 0. The number of benzene rings is 1. The molecular weight excluding hydrogens is 211 g/mol. The van der Waals surface area contributed by atoms with Crippen LogP contribution in [-0.4, -0.2) is 11.7 Å². The van der Waals surface area contributed by atoms with E-state index in [9.17, 15) is 9.18 Å². The number of amidine groups is 1. The molecule has 0 unspecified atom stereocenters. The minimum absolute atomic E-state index is 0.0793. The van der Waals surface area contributed by atoms with Gasteiger partial charge in [0.2, 0.25) is 0 Å². The van der Waals surface area contributed by atoms with Crippen LogP contribution < -0.4 is 17.2 Å². The Hall–Kier alpha value is -2.37. The van der Waals surface area contributed by atoms with Crippen molar-refractivity contribution < 1.29 is 9.18 Å². The maximum Gasteiger partial charge on any atom is 0.253 e. The first kappa shape index (κ1) is 11.7. The summed E-state index contributed by atoms with van der Waals surface area (Å²) in [6.45, 7) is 0. The average molecular weight is 222 g/mol. The van der Waals surface area contributed by atoms with Gasteiger partial charge in [-0.05, 0) is 24.3 Å². The van der Waals surface area contributed by atoms with Crippen LogP contribution in [0.5, 0.6) is 0 Å². The van der Waals surface area contributed by atoms with Crippen molar-refractivity contribution in [2.75, 3.05) is 0 Å². The third-order valence-electron chi connectivity index (χ3n) is 1.78. The highest BCUT2D eigenvalue weighted by molar-refractivity contribution is 6.20. The summed E-state index contributed by atoms with van der Waals surface area (Å²) in [7, 11) is 0. The number of primary amides is 1. The van der Waals surface area contributed by atoms with Gasteiger partial charge in [-0.3, -0.25) is 4.79 Å². The lowest BCUT2D eigenvalue weighted by molar-refractivity contribution is -0.114. The quantitative estimate of drug-likeness (QED) is 0.384. The first-order chi connectivity index (χ1) is 7.54. The van der Waals surface area contributed by atoms with Crippen molar-refractivity contribution >= 4 is 17.4 Å². The monoisotopic (exact) mass is 222 g/mol. The Morgan fingerprint density at radius 1 is 1.25 bits per heavy atom. The number of hydrogen-bond acceptors (Lipinski definition) is 3. The fourth-order valence-corrected chi connectivity index (χ4v) is 1.01. The standard InChI is InChI=1S/C10H11FN4O/c11-6-1-3-7(4-2-6)15-9(13)8(5-12)10(14)16/h1-5H,12H2,(H2,13,15)(H2,14,16)/b8-5+. The van der Waals surface area contributed by atoms with Gasteiger partial charge in [-0.15, -0.1) is 0 Å². The molecule has 6 N–H and O–H groups in total. The van der Waals surface area contributed by atoms with E-state index in [1.165, 1.54) is 24.3 Å². The van der Waals surface area contributed by atoms with Crippen molar-refractivity contribution in [3.63, 3.8) is 0 Å². The molecule has 0 aromatic heterocycles. The van der Waals surface area contributed by atoms with Crippen LogP contribution in [0.2, 0.25) is 0 Å². The van der Waals surface area contributed by atoms with Crippen molar-refractivity contribution in [3.05, 3.63) is 41.9 Å². The highest BCUT2D eigenvalue weighted by Crippen LogP contribution is 2.12. The van der Waals surface area contributed by atoms with Crippen LogP contribution in [0.1, 0.15) is 0 Å². The van der Waals surface area contributed by atoms with Gasteiger partial charge in [0.25, 0.3) is 5.91 Å². The number of carbonyl (C=O) groups excluding carboxylic acids is 1. The Morgan fingerprint density at radius 2 is 1.81 bits per heavy atom. The number of halogens is 1. The van der Waals surface area contributed by atoms with Crippen LogP contribution in [0, 0.1) is 5.82 Å². The lowest BCUT2D eigenvalue weighted by atomic mass is 10.2. The van der Waals surface area contributed by atoms with E-state index in [-0.39, 0.29) is 17.2 Å². The van der Waals surface area contributed by atoms with Gasteiger partial charge in [0, 0.05) is 6.20 Å². The van der Waals surface area contributed by atoms with Crippen LogP contribution in [0.25, 0.3) is 0 Å². The Bertz CT molecular complexity index is 450. The van der Waals surface area contributed by atoms with Crippen molar-refractivity contribution in [3.8, 4) is 0 Å². The van der Waals surface area contributed by atoms with Crippen molar-refractivity contribution in [1.82, 2.24) is 0 Å². The summed E-state index contributed by atoms with van der Waals surface area (Å²) in [4.78, 5) is 14.7. The first-order valence-corrected chi connectivity index (χ1v) is 4.36. The predicted molar refractivity (Wildman–Crippen MR) is 59.1 cm³/mol. The van der Waals surface area contributed by atoms with Crippen molar-refractivity contribution in [1.29, 1.82) is 0 Å². The number of nitrogens with two attached hydrogens (primary N) is 3. The van der Waals surface area contributed by atoms with Gasteiger partial charge in [-0.25, -0.2) is 9.38 Å². The molecule has 0 bridgehead atoms. The van der Waals surface area contributed by atoms with Crippen molar-refractivity contribution in [2.24, 2.45) is 22.2 Å². The summed E-state index contributed by atoms with van der Waals surface area (Å²) in [6, 6.07) is 5.28. The number of amides is 1. The number of nitrogens with zero attached hydrogens (tertiary/aromatic N) is 1. The first-order valence-electron chi connectivity index (χ1n) is 4.36. The van der Waals surface area contributed by atoms with E-state index in [2.05, 4.69) is 4.99 Å². The molecule has 0 saturated heterocycles. The average Bonchev–Trinajstić information content (AvgIpc) is 2.22. The van der Waals surface area contributed by atoms with Crippen LogP contribution in [0.3, 0.4) is 0 Å². The molecule has 0 aliphatic carbocycles. The molecule has 0 aliphatic rings. The molecule has 0 spiro atoms. The van der Waals surface area contributed by atoms with E-state index in [0.717, 1.165) is 6.20 Å². The third-order valence-corrected chi connectivity index (χ3v) is 1.78. The Labute approximate surface area is 91.4 Å². The summed E-state index contributed by atoms with van der Waals surface area (Å²) in [5, 5.41) is 0. The largest absolute Gasteiger partial charge is 0.404 e. The summed E-state index contributed by atoms with van der Waals surface area (Å²) in [5.41, 5.74) is 16.0. The van der Waals surface area contributed by atoms with Crippen LogP contribution >= 0.6 is 0 Å². The van der Waals surface area contributed by atoms with E-state index in [4.69, 9.17) is 17.2 Å². The van der Waals surface area contributed by atoms with Crippen molar-refractivity contribution in [2.45, 2.75) is 0 Å². The zero-order valence-electron chi connectivity index (χ0n) is 8.35. The summed E-state index contributed by atoms with van der Waals surface area (Å²) < 4.78 is 12.6. The minimum atomic E-state index is -0.772. The second kappa shape index (κ2) is 4.92. The lowest BCUT2D eigenvalue weighted by Gasteiger charge is -2.01. The highest BCUT2D eigenvalue weighted by Gasteiger charge is 2.08. The minimum Gasteiger partial charge on any atom is -0.404 e. The van der Waals surface area contributed by atoms with Gasteiger partial charge in [0.1, 0.15) is 11.7 Å². The van der Waals surface area contributed by atoms with E-state index in [1.54, 1.807) is 0 Å². The number of aliphatic imine (C=N–C) groups is 1. The van der Waals surface area contributed by atoms with Gasteiger partial charge >= 0.3 is 0 Å². The fraction of sp³-hybridized carbons (Fsp3) is 0. The van der Waals surface area contributed by atoms with Gasteiger partial charge in [-0.2, -0.15) is 0 Å². The number of hydrogen-bond donors (Lipinski definition) is 3. The maximum atomic E-state index is 12.6. The molecule has 0 aliphatic heterocycles. The number of carbonyl (C=O) groups is 1. The van der Waals surface area contributed by atoms with E-state index in [1.807, 2.05) is 0 Å².